The summed E-state index contributed by atoms with van der Waals surface area (Å²) in [6, 6.07) is 18.7. The van der Waals surface area contributed by atoms with Gasteiger partial charge in [-0.25, -0.2) is 0 Å². The fourth-order valence-electron chi connectivity index (χ4n) is 13.2. The number of benzene rings is 3. The third-order valence-electron chi connectivity index (χ3n) is 18.0. The van der Waals surface area contributed by atoms with Crippen LogP contribution in [0.4, 0.5) is 0 Å². The molecule has 0 unspecified atom stereocenters. The molecule has 4 aliphatic carbocycles. The maximum atomic E-state index is 14.4. The summed E-state index contributed by atoms with van der Waals surface area (Å²) in [6.45, 7) is 6.72. The Balaban J connectivity index is 0.863. The molecule has 2 aliphatic heterocycles. The van der Waals surface area contributed by atoms with Gasteiger partial charge in [0.1, 0.15) is 24.2 Å². The number of carbonyl (C=O) groups excluding carboxylic acids is 6. The van der Waals surface area contributed by atoms with Gasteiger partial charge >= 0.3 is 0 Å². The third kappa shape index (κ3) is 11.9. The average Bonchev–Trinajstić information content (AvgIpc) is 4.15. The molecule has 0 bridgehead atoms. The van der Waals surface area contributed by atoms with E-state index in [2.05, 4.69) is 87.2 Å². The first-order chi connectivity index (χ1) is 35.9. The lowest BCUT2D eigenvalue weighted by Crippen LogP contribution is -2.58. The van der Waals surface area contributed by atoms with Crippen LogP contribution in [0, 0.1) is 17.8 Å². The lowest BCUT2D eigenvalue weighted by atomic mass is 9.83. The van der Waals surface area contributed by atoms with Crippen LogP contribution >= 0.6 is 0 Å². The summed E-state index contributed by atoms with van der Waals surface area (Å²) in [7, 11) is 1.74. The fourth-order valence-corrected chi connectivity index (χ4v) is 13.2. The second kappa shape index (κ2) is 24.4. The molecule has 9 rings (SSSR count). The third-order valence-corrected chi connectivity index (χ3v) is 18.0. The zero-order chi connectivity index (χ0) is 51.9. The molecule has 0 radical (unpaired) electrons. The number of hydrogen-bond donors (Lipinski definition) is 5. The highest BCUT2D eigenvalue weighted by Crippen LogP contribution is 2.38. The highest BCUT2D eigenvalue weighted by molar-refractivity contribution is 5.95. The summed E-state index contributed by atoms with van der Waals surface area (Å²) in [4.78, 5) is 87.2. The highest BCUT2D eigenvalue weighted by Gasteiger charge is 2.44. The van der Waals surface area contributed by atoms with Crippen LogP contribution in [0.1, 0.15) is 177 Å². The number of likely N-dealkylation sites (tertiary alicyclic amines) is 2. The van der Waals surface area contributed by atoms with Crippen molar-refractivity contribution in [2.24, 2.45) is 17.8 Å². The molecular weight excluding hydrogens is 927 g/mol. The Morgan fingerprint density at radius 1 is 0.514 bits per heavy atom. The lowest BCUT2D eigenvalue weighted by molar-refractivity contribution is -0.143. The van der Waals surface area contributed by atoms with Crippen molar-refractivity contribution in [2.45, 2.75) is 198 Å². The molecule has 3 aromatic rings. The average molecular weight is 1010 g/mol. The minimum atomic E-state index is -0.636. The molecule has 5 N–H and O–H groups in total. The van der Waals surface area contributed by atoms with E-state index in [-0.39, 0.29) is 65.3 Å². The second-order valence-corrected chi connectivity index (χ2v) is 22.8. The quantitative estimate of drug-likeness (QED) is 0.0956. The van der Waals surface area contributed by atoms with Gasteiger partial charge in [0.05, 0.1) is 18.1 Å². The first-order valence-corrected chi connectivity index (χ1v) is 28.8. The van der Waals surface area contributed by atoms with E-state index in [4.69, 9.17) is 0 Å². The minimum Gasteiger partial charge on any atom is -0.347 e. The van der Waals surface area contributed by atoms with E-state index >= 15 is 0 Å². The topological polar surface area (TPSA) is 169 Å². The molecule has 4 fully saturated rings. The Hall–Kier alpha value is -5.56. The van der Waals surface area contributed by atoms with E-state index in [1.54, 1.807) is 23.8 Å². The SMILES string of the molecule is CC[C@@H](C)C(=O)N[C@H](C(=O)N1CCC[C@H]1C(=O)N[C@@H]1CCCc2ccc(-c3ccc(-c4ccc5c(c4)[C@H](NC(=O)[C@H]4CCCN4C(=O)[C@@H](NC(=O)[C@H](C)NC)C4CCCCC4)CCC5)cc3)cc21)C1CCCCC1. The molecule has 74 heavy (non-hydrogen) atoms. The van der Waals surface area contributed by atoms with E-state index in [0.717, 1.165) is 149 Å². The number of aryl methyl sites for hydroxylation is 2. The summed E-state index contributed by atoms with van der Waals surface area (Å²) in [5.41, 5.74) is 9.03. The van der Waals surface area contributed by atoms with Crippen LogP contribution in [0.15, 0.2) is 60.7 Å². The van der Waals surface area contributed by atoms with Crippen molar-refractivity contribution in [3.63, 3.8) is 0 Å². The van der Waals surface area contributed by atoms with Crippen LogP contribution in [-0.2, 0) is 41.6 Å². The molecule has 2 heterocycles. The van der Waals surface area contributed by atoms with Crippen molar-refractivity contribution in [1.82, 2.24) is 36.4 Å². The van der Waals surface area contributed by atoms with Gasteiger partial charge in [-0.1, -0.05) is 101 Å². The summed E-state index contributed by atoms with van der Waals surface area (Å²) >= 11 is 0. The molecular formula is C61H83N7O6. The zero-order valence-corrected chi connectivity index (χ0v) is 44.7. The Bertz CT molecular complexity index is 2330. The number of rotatable bonds is 16. The van der Waals surface area contributed by atoms with E-state index in [1.807, 2.05) is 13.8 Å². The van der Waals surface area contributed by atoms with Crippen LogP contribution < -0.4 is 26.6 Å². The van der Waals surface area contributed by atoms with E-state index in [0.29, 0.717) is 32.4 Å². The maximum Gasteiger partial charge on any atom is 0.246 e. The van der Waals surface area contributed by atoms with Gasteiger partial charge in [0, 0.05) is 19.0 Å². The second-order valence-electron chi connectivity index (χ2n) is 22.8. The van der Waals surface area contributed by atoms with Crippen molar-refractivity contribution in [3.05, 3.63) is 82.9 Å². The van der Waals surface area contributed by atoms with Gasteiger partial charge in [0.15, 0.2) is 0 Å². The van der Waals surface area contributed by atoms with Crippen LogP contribution in [0.25, 0.3) is 22.3 Å². The van der Waals surface area contributed by atoms with Crippen LogP contribution in [0.5, 0.6) is 0 Å². The molecule has 398 valence electrons. The van der Waals surface area contributed by atoms with Gasteiger partial charge in [0.2, 0.25) is 35.4 Å². The Kier molecular flexibility index (Phi) is 17.6. The van der Waals surface area contributed by atoms with Gasteiger partial charge in [-0.15, -0.1) is 0 Å². The van der Waals surface area contributed by atoms with Gasteiger partial charge in [-0.2, -0.15) is 0 Å². The normalized spacial score (nSPS) is 23.9. The molecule has 2 saturated carbocycles. The van der Waals surface area contributed by atoms with E-state index in [1.165, 1.54) is 11.1 Å². The van der Waals surface area contributed by atoms with Crippen molar-refractivity contribution < 1.29 is 28.8 Å². The zero-order valence-electron chi connectivity index (χ0n) is 44.7. The smallest absolute Gasteiger partial charge is 0.246 e. The molecule has 0 spiro atoms. The Morgan fingerprint density at radius 3 is 1.35 bits per heavy atom. The molecule has 3 aromatic carbocycles. The van der Waals surface area contributed by atoms with Gasteiger partial charge < -0.3 is 36.4 Å². The molecule has 0 aromatic heterocycles. The molecule has 6 aliphatic rings. The first-order valence-electron chi connectivity index (χ1n) is 28.8. The summed E-state index contributed by atoms with van der Waals surface area (Å²) < 4.78 is 0. The molecule has 13 heteroatoms. The van der Waals surface area contributed by atoms with Crippen molar-refractivity contribution in [1.29, 1.82) is 0 Å². The number of fused-ring (bicyclic) bond motifs is 2. The number of nitrogens with one attached hydrogen (secondary N) is 5. The highest BCUT2D eigenvalue weighted by atomic mass is 16.2. The van der Waals surface area contributed by atoms with Crippen molar-refractivity contribution >= 4 is 35.4 Å². The molecule has 6 amide bonds. The van der Waals surface area contributed by atoms with Gasteiger partial charge in [-0.05, 0) is 179 Å². The summed E-state index contributed by atoms with van der Waals surface area (Å²) in [5, 5.41) is 16.1. The Morgan fingerprint density at radius 2 is 0.932 bits per heavy atom. The molecule has 13 nitrogen and oxygen atoms in total. The number of hydrogen-bond acceptors (Lipinski definition) is 7. The summed E-state index contributed by atoms with van der Waals surface area (Å²) in [5.74, 6) is -0.766. The maximum absolute atomic E-state index is 14.4. The first kappa shape index (κ1) is 53.3. The van der Waals surface area contributed by atoms with E-state index in [9.17, 15) is 28.8 Å². The van der Waals surface area contributed by atoms with Crippen LogP contribution in [0.2, 0.25) is 0 Å². The van der Waals surface area contributed by atoms with Gasteiger partial charge in [-0.3, -0.25) is 28.8 Å². The Labute approximate surface area is 439 Å². The molecule has 8 atom stereocenters. The molecule has 2 saturated heterocycles. The number of likely N-dealkylation sites (N-methyl/N-ethyl adjacent to an activating group) is 1. The van der Waals surface area contributed by atoms with E-state index < -0.39 is 30.2 Å². The van der Waals surface area contributed by atoms with Crippen molar-refractivity contribution in [3.8, 4) is 22.3 Å². The number of nitrogens with zero attached hydrogens (tertiary/aromatic N) is 2. The van der Waals surface area contributed by atoms with Crippen LogP contribution in [0.3, 0.4) is 0 Å². The minimum absolute atomic E-state index is 0.0622. The van der Waals surface area contributed by atoms with Crippen molar-refractivity contribution in [2.75, 3.05) is 20.1 Å². The number of carbonyl (C=O) groups is 6. The predicted octanol–water partition coefficient (Wildman–Crippen LogP) is 8.77. The van der Waals surface area contributed by atoms with Gasteiger partial charge in [0.25, 0.3) is 0 Å². The monoisotopic (exact) mass is 1010 g/mol. The largest absolute Gasteiger partial charge is 0.347 e. The fraction of sp³-hybridized carbons (Fsp3) is 0.607. The lowest BCUT2D eigenvalue weighted by Gasteiger charge is -2.35. The van der Waals surface area contributed by atoms with Crippen LogP contribution in [-0.4, -0.2) is 95.6 Å². The standard InChI is InChI=1S/C61H83N7O6/c1-5-38(2)56(69)65-54(44-16-8-6-9-17-44)60(73)67-34-14-24-52(67)58(71)63-50-22-12-20-42-30-32-46(36-48(42)50)40-26-28-41(29-27-40)47-33-31-43-21-13-23-51(49(43)37-47)64-59(72)53-25-15-35-68(53)61(74)55(45-18-10-7-11-19-45)66-57(70)39(3)62-4/h26-33,36-39,44-45,50-55,62H,5-25,34-35H2,1-4H3,(H,63,71)(H,64,72)(H,65,69)(H,66,70)/t38-,39+,50-,51-,52+,53-,54+,55+/m1/s1. The number of amides is 6. The summed E-state index contributed by atoms with van der Waals surface area (Å²) in [6.07, 6.45) is 19.0. The predicted molar refractivity (Wildman–Crippen MR) is 289 cm³/mol.